The third-order valence-corrected chi connectivity index (χ3v) is 4.17. The second-order valence-electron chi connectivity index (χ2n) is 5.79. The third-order valence-electron chi connectivity index (χ3n) is 4.17. The fraction of sp³-hybridized carbons (Fsp3) is 0.176. The minimum absolute atomic E-state index is 0.0144. The van der Waals surface area contributed by atoms with E-state index in [1.165, 1.54) is 23.1 Å². The SMILES string of the molecule is O=C(Nc1ccc(-n2cnnn2)cc1)[C@H]1C[C@H]1c1ccc(F)cc1. The van der Waals surface area contributed by atoms with Crippen LogP contribution in [-0.4, -0.2) is 26.1 Å². The van der Waals surface area contributed by atoms with Crippen LogP contribution in [0.5, 0.6) is 0 Å². The van der Waals surface area contributed by atoms with Gasteiger partial charge in [0.1, 0.15) is 12.1 Å². The van der Waals surface area contributed by atoms with Crippen molar-refractivity contribution in [2.24, 2.45) is 5.92 Å². The number of tetrazole rings is 1. The maximum atomic E-state index is 13.0. The number of aromatic nitrogens is 4. The molecule has 0 spiro atoms. The van der Waals surface area contributed by atoms with Crippen molar-refractivity contribution < 1.29 is 9.18 Å². The Hall–Kier alpha value is -3.09. The van der Waals surface area contributed by atoms with Crippen LogP contribution in [0.2, 0.25) is 0 Å². The molecule has 1 N–H and O–H groups in total. The number of nitrogens with one attached hydrogen (secondary N) is 1. The van der Waals surface area contributed by atoms with Gasteiger partial charge in [-0.1, -0.05) is 12.1 Å². The molecule has 4 rings (SSSR count). The predicted octanol–water partition coefficient (Wildman–Crippen LogP) is 2.54. The summed E-state index contributed by atoms with van der Waals surface area (Å²) in [5.41, 5.74) is 2.54. The van der Waals surface area contributed by atoms with E-state index in [1.807, 2.05) is 24.3 Å². The summed E-state index contributed by atoms with van der Waals surface area (Å²) in [6.45, 7) is 0. The molecule has 0 radical (unpaired) electrons. The molecule has 0 aliphatic heterocycles. The summed E-state index contributed by atoms with van der Waals surface area (Å²) in [4.78, 5) is 12.3. The van der Waals surface area contributed by atoms with Crippen molar-refractivity contribution in [1.29, 1.82) is 0 Å². The molecular weight excluding hydrogens is 309 g/mol. The zero-order chi connectivity index (χ0) is 16.5. The maximum absolute atomic E-state index is 13.0. The molecule has 2 aromatic carbocycles. The Morgan fingerprint density at radius 2 is 1.88 bits per heavy atom. The molecule has 1 aliphatic carbocycles. The molecule has 6 nitrogen and oxygen atoms in total. The lowest BCUT2D eigenvalue weighted by atomic mass is 10.1. The van der Waals surface area contributed by atoms with E-state index >= 15 is 0 Å². The Balaban J connectivity index is 1.39. The molecule has 0 bridgehead atoms. The molecule has 1 fully saturated rings. The van der Waals surface area contributed by atoms with Crippen molar-refractivity contribution in [2.75, 3.05) is 5.32 Å². The van der Waals surface area contributed by atoms with Gasteiger partial charge in [0.15, 0.2) is 0 Å². The number of halogens is 1. The van der Waals surface area contributed by atoms with E-state index in [0.717, 1.165) is 23.4 Å². The van der Waals surface area contributed by atoms with Gasteiger partial charge in [-0.15, -0.1) is 5.10 Å². The Morgan fingerprint density at radius 1 is 1.12 bits per heavy atom. The van der Waals surface area contributed by atoms with Gasteiger partial charge in [0.05, 0.1) is 5.69 Å². The summed E-state index contributed by atoms with van der Waals surface area (Å²) in [5.74, 6) is -0.164. The lowest BCUT2D eigenvalue weighted by Crippen LogP contribution is -2.14. The van der Waals surface area contributed by atoms with Crippen LogP contribution in [0.4, 0.5) is 10.1 Å². The van der Waals surface area contributed by atoms with Gasteiger partial charge in [0, 0.05) is 11.6 Å². The molecule has 1 aromatic heterocycles. The Bertz CT molecular complexity index is 846. The van der Waals surface area contributed by atoms with Crippen molar-refractivity contribution in [3.63, 3.8) is 0 Å². The second-order valence-corrected chi connectivity index (χ2v) is 5.79. The van der Waals surface area contributed by atoms with Gasteiger partial charge < -0.3 is 5.32 Å². The highest BCUT2D eigenvalue weighted by molar-refractivity contribution is 5.95. The van der Waals surface area contributed by atoms with Crippen LogP contribution in [0.15, 0.2) is 54.9 Å². The summed E-state index contributed by atoms with van der Waals surface area (Å²) >= 11 is 0. The van der Waals surface area contributed by atoms with Crippen molar-refractivity contribution >= 4 is 11.6 Å². The standard InChI is InChI=1S/C17H14FN5O/c18-12-3-1-11(2-4-12)15-9-16(15)17(24)20-13-5-7-14(8-6-13)23-10-19-21-22-23/h1-8,10,15-16H,9H2,(H,20,24)/t15-,16-/m0/s1. The van der Waals surface area contributed by atoms with Crippen LogP contribution in [0.1, 0.15) is 17.9 Å². The van der Waals surface area contributed by atoms with Crippen LogP contribution >= 0.6 is 0 Å². The van der Waals surface area contributed by atoms with E-state index in [2.05, 4.69) is 20.8 Å². The largest absolute Gasteiger partial charge is 0.326 e. The number of anilines is 1. The average molecular weight is 323 g/mol. The number of nitrogens with zero attached hydrogens (tertiary/aromatic N) is 4. The van der Waals surface area contributed by atoms with Crippen LogP contribution in [0, 0.1) is 11.7 Å². The lowest BCUT2D eigenvalue weighted by molar-refractivity contribution is -0.117. The molecule has 1 aliphatic rings. The van der Waals surface area contributed by atoms with Crippen LogP contribution < -0.4 is 5.32 Å². The van der Waals surface area contributed by atoms with E-state index in [0.29, 0.717) is 0 Å². The molecule has 0 unspecified atom stereocenters. The summed E-state index contributed by atoms with van der Waals surface area (Å²) < 4.78 is 14.5. The molecule has 7 heteroatoms. The first-order chi connectivity index (χ1) is 11.7. The molecule has 1 heterocycles. The van der Waals surface area contributed by atoms with Crippen molar-refractivity contribution in [3.05, 3.63) is 66.2 Å². The van der Waals surface area contributed by atoms with E-state index in [-0.39, 0.29) is 23.6 Å². The fourth-order valence-corrected chi connectivity index (χ4v) is 2.78. The van der Waals surface area contributed by atoms with Gasteiger partial charge in [0.25, 0.3) is 0 Å². The third kappa shape index (κ3) is 2.88. The predicted molar refractivity (Wildman–Crippen MR) is 85.0 cm³/mol. The summed E-state index contributed by atoms with van der Waals surface area (Å²) in [5, 5.41) is 13.9. The van der Waals surface area contributed by atoms with E-state index < -0.39 is 0 Å². The topological polar surface area (TPSA) is 72.7 Å². The number of carbonyl (C=O) groups is 1. The lowest BCUT2D eigenvalue weighted by Gasteiger charge is -2.06. The number of amides is 1. The van der Waals surface area contributed by atoms with Crippen molar-refractivity contribution in [2.45, 2.75) is 12.3 Å². The number of benzene rings is 2. The molecular formula is C17H14FN5O. The number of hydrogen-bond donors (Lipinski definition) is 1. The highest BCUT2D eigenvalue weighted by Gasteiger charge is 2.43. The number of rotatable bonds is 4. The number of carbonyl (C=O) groups excluding carboxylic acids is 1. The van der Waals surface area contributed by atoms with E-state index in [1.54, 1.807) is 12.1 Å². The number of hydrogen-bond acceptors (Lipinski definition) is 4. The monoisotopic (exact) mass is 323 g/mol. The molecule has 1 saturated carbocycles. The van der Waals surface area contributed by atoms with Gasteiger partial charge >= 0.3 is 0 Å². The van der Waals surface area contributed by atoms with Crippen LogP contribution in [0.3, 0.4) is 0 Å². The molecule has 2 atom stereocenters. The zero-order valence-corrected chi connectivity index (χ0v) is 12.6. The Morgan fingerprint density at radius 3 is 2.54 bits per heavy atom. The fourth-order valence-electron chi connectivity index (χ4n) is 2.78. The zero-order valence-electron chi connectivity index (χ0n) is 12.6. The summed E-state index contributed by atoms with van der Waals surface area (Å²) in [6, 6.07) is 13.6. The minimum atomic E-state index is -0.261. The first-order valence-corrected chi connectivity index (χ1v) is 7.60. The normalized spacial score (nSPS) is 19.0. The average Bonchev–Trinajstić information content (AvgIpc) is 3.21. The molecule has 0 saturated heterocycles. The molecule has 120 valence electrons. The maximum Gasteiger partial charge on any atom is 0.228 e. The van der Waals surface area contributed by atoms with Gasteiger partial charge in [-0.25, -0.2) is 9.07 Å². The first kappa shape index (κ1) is 14.5. The Kier molecular flexibility index (Phi) is 3.53. The van der Waals surface area contributed by atoms with Gasteiger partial charge in [-0.05, 0) is 64.7 Å². The first-order valence-electron chi connectivity index (χ1n) is 7.60. The van der Waals surface area contributed by atoms with Gasteiger partial charge in [-0.2, -0.15) is 0 Å². The highest BCUT2D eigenvalue weighted by atomic mass is 19.1. The molecule has 1 amide bonds. The smallest absolute Gasteiger partial charge is 0.228 e. The van der Waals surface area contributed by atoms with Crippen molar-refractivity contribution in [1.82, 2.24) is 20.2 Å². The summed E-state index contributed by atoms with van der Waals surface area (Å²) in [7, 11) is 0. The van der Waals surface area contributed by atoms with Crippen molar-refractivity contribution in [3.8, 4) is 5.69 Å². The second kappa shape index (κ2) is 5.84. The molecule has 3 aromatic rings. The quantitative estimate of drug-likeness (QED) is 0.801. The van der Waals surface area contributed by atoms with E-state index in [4.69, 9.17) is 0 Å². The van der Waals surface area contributed by atoms with Crippen LogP contribution in [-0.2, 0) is 4.79 Å². The highest BCUT2D eigenvalue weighted by Crippen LogP contribution is 2.47. The summed E-state index contributed by atoms with van der Waals surface area (Å²) in [6.07, 6.45) is 2.30. The minimum Gasteiger partial charge on any atom is -0.326 e. The van der Waals surface area contributed by atoms with Gasteiger partial charge in [0.2, 0.25) is 5.91 Å². The molecule has 24 heavy (non-hydrogen) atoms. The van der Waals surface area contributed by atoms with Crippen LogP contribution in [0.25, 0.3) is 5.69 Å². The van der Waals surface area contributed by atoms with E-state index in [9.17, 15) is 9.18 Å². The Labute approximate surface area is 137 Å². The van der Waals surface area contributed by atoms with Gasteiger partial charge in [-0.3, -0.25) is 4.79 Å².